The number of rotatable bonds is 6. The minimum absolute atomic E-state index is 0.0837. The molecule has 4 heterocycles. The van der Waals surface area contributed by atoms with Crippen LogP contribution < -0.4 is 0 Å². The molecule has 0 unspecified atom stereocenters. The fourth-order valence-corrected chi connectivity index (χ4v) is 8.23. The van der Waals surface area contributed by atoms with Crippen LogP contribution in [0.1, 0.15) is 77.6 Å². The van der Waals surface area contributed by atoms with Crippen molar-refractivity contribution in [3.8, 4) is 0 Å². The van der Waals surface area contributed by atoms with E-state index in [0.717, 1.165) is 0 Å². The summed E-state index contributed by atoms with van der Waals surface area (Å²) in [7, 11) is 7.56. The zero-order valence-corrected chi connectivity index (χ0v) is 31.3. The number of esters is 1. The number of Topliss-reactive ketones (excluding diaryl/α,β-unsaturated/α-hetero) is 1. The Labute approximate surface area is 292 Å². The summed E-state index contributed by atoms with van der Waals surface area (Å²) in [4.78, 5) is 51.9. The molecule has 1 N–H and O–H groups in total. The number of hydrogen-bond donors (Lipinski definition) is 1. The van der Waals surface area contributed by atoms with E-state index in [9.17, 15) is 19.5 Å². The van der Waals surface area contributed by atoms with Crippen LogP contribution in [0.3, 0.4) is 0 Å². The van der Waals surface area contributed by atoms with Gasteiger partial charge < -0.3 is 38.8 Å². The Morgan fingerprint density at radius 3 is 2.41 bits per heavy atom. The lowest BCUT2D eigenvalue weighted by Crippen LogP contribution is -2.58. The van der Waals surface area contributed by atoms with Crippen molar-refractivity contribution in [2.75, 3.05) is 61.0 Å². The molecule has 3 fully saturated rings. The fraction of sp³-hybridized carbons (Fsp3) is 0.784. The van der Waals surface area contributed by atoms with Gasteiger partial charge in [-0.05, 0) is 79.7 Å². The number of ketones is 1. The third-order valence-corrected chi connectivity index (χ3v) is 10.8. The molecule has 3 aliphatic heterocycles. The number of carbonyl (C=O) groups is 3. The van der Waals surface area contributed by atoms with E-state index < -0.39 is 47.0 Å². The van der Waals surface area contributed by atoms with Gasteiger partial charge in [-0.25, -0.2) is 0 Å². The lowest BCUT2D eigenvalue weighted by molar-refractivity contribution is -0.297. The van der Waals surface area contributed by atoms with Gasteiger partial charge in [0, 0.05) is 76.9 Å². The van der Waals surface area contributed by atoms with Crippen LogP contribution in [0.4, 0.5) is 0 Å². The molecule has 3 saturated heterocycles. The van der Waals surface area contributed by atoms with E-state index in [4.69, 9.17) is 18.9 Å². The smallest absolute Gasteiger partial charge is 0.319 e. The molecule has 12 heteroatoms. The summed E-state index contributed by atoms with van der Waals surface area (Å²) in [6, 6.07) is 3.49. The normalized spacial score (nSPS) is 34.9. The van der Waals surface area contributed by atoms with Gasteiger partial charge in [0.1, 0.15) is 17.1 Å². The zero-order chi connectivity index (χ0) is 36.3. The first-order valence-electron chi connectivity index (χ1n) is 17.8. The average molecular weight is 689 g/mol. The Morgan fingerprint density at radius 2 is 1.82 bits per heavy atom. The standard InChI is InChI=1S/C37H60N4O8/c1-24-19-36(6,46-10)31(48-33-29(42)28(22-39(7)8)18-25(2)47-33)26(3)30(43)35(4,5)34(45)49-37(23-40(9)21-24)13-16-41(17-14-37)32(44)27-12-11-15-38-20-27/h11-12,15,20,24-26,28-29,31,33,42H,13-14,16-19,21-23H2,1-10H3/t24-,25-,26+,28-,29-,31-,33+,36-/m1/s1. The van der Waals surface area contributed by atoms with Gasteiger partial charge >= 0.3 is 5.97 Å². The number of aliphatic hydroxyl groups is 1. The van der Waals surface area contributed by atoms with Crippen LogP contribution in [0.15, 0.2) is 24.5 Å². The molecule has 0 aromatic carbocycles. The summed E-state index contributed by atoms with van der Waals surface area (Å²) in [5.74, 6) is -1.86. The number of piperidine rings is 1. The minimum Gasteiger partial charge on any atom is -0.457 e. The van der Waals surface area contributed by atoms with Crippen LogP contribution in [-0.4, -0.2) is 139 Å². The molecule has 0 aliphatic carbocycles. The number of hydrogen-bond acceptors (Lipinski definition) is 11. The van der Waals surface area contributed by atoms with Crippen molar-refractivity contribution in [1.29, 1.82) is 0 Å². The van der Waals surface area contributed by atoms with Crippen molar-refractivity contribution in [2.24, 2.45) is 23.2 Å². The van der Waals surface area contributed by atoms with E-state index in [-0.39, 0.29) is 29.6 Å². The maximum Gasteiger partial charge on any atom is 0.319 e. The monoisotopic (exact) mass is 688 g/mol. The number of likely N-dealkylation sites (N-methyl/N-ethyl adjacent to an activating group) is 1. The summed E-state index contributed by atoms with van der Waals surface area (Å²) >= 11 is 0. The Hall–Kier alpha value is -2.48. The molecule has 0 bridgehead atoms. The average Bonchev–Trinajstić information content (AvgIpc) is 3.04. The topological polar surface area (TPSA) is 131 Å². The second-order valence-electron chi connectivity index (χ2n) is 16.0. The molecule has 12 nitrogen and oxygen atoms in total. The lowest BCUT2D eigenvalue weighted by atomic mass is 9.74. The molecule has 1 aromatic rings. The molecular weight excluding hydrogens is 628 g/mol. The Morgan fingerprint density at radius 1 is 1.14 bits per heavy atom. The molecule has 276 valence electrons. The molecule has 1 amide bonds. The number of carbonyl (C=O) groups excluding carboxylic acids is 3. The first-order valence-corrected chi connectivity index (χ1v) is 17.8. The number of pyridine rings is 1. The molecule has 4 rings (SSSR count). The van der Waals surface area contributed by atoms with E-state index in [1.54, 1.807) is 57.3 Å². The van der Waals surface area contributed by atoms with Crippen LogP contribution >= 0.6 is 0 Å². The molecule has 49 heavy (non-hydrogen) atoms. The van der Waals surface area contributed by atoms with Crippen LogP contribution in [0.2, 0.25) is 0 Å². The predicted octanol–water partition coefficient (Wildman–Crippen LogP) is 3.27. The summed E-state index contributed by atoms with van der Waals surface area (Å²) in [5.41, 5.74) is -2.84. The van der Waals surface area contributed by atoms with Crippen LogP contribution in [0, 0.1) is 23.2 Å². The third-order valence-electron chi connectivity index (χ3n) is 10.8. The Bertz CT molecular complexity index is 1280. The highest BCUT2D eigenvalue weighted by Gasteiger charge is 2.53. The molecule has 0 radical (unpaired) electrons. The number of aliphatic hydroxyl groups excluding tert-OH is 1. The van der Waals surface area contributed by atoms with Crippen LogP contribution in [0.25, 0.3) is 0 Å². The van der Waals surface area contributed by atoms with Crippen molar-refractivity contribution >= 4 is 17.7 Å². The van der Waals surface area contributed by atoms with E-state index in [1.165, 1.54) is 0 Å². The number of amides is 1. The van der Waals surface area contributed by atoms with Gasteiger partial charge in [-0.15, -0.1) is 0 Å². The molecule has 1 aromatic heterocycles. The minimum atomic E-state index is -1.52. The highest BCUT2D eigenvalue weighted by atomic mass is 16.7. The largest absolute Gasteiger partial charge is 0.457 e. The molecule has 3 aliphatic rings. The quantitative estimate of drug-likeness (QED) is 0.349. The van der Waals surface area contributed by atoms with E-state index in [0.29, 0.717) is 64.0 Å². The van der Waals surface area contributed by atoms with Gasteiger partial charge in [-0.1, -0.05) is 13.8 Å². The number of likely N-dealkylation sites (tertiary alicyclic amines) is 1. The number of methoxy groups -OCH3 is 1. The van der Waals surface area contributed by atoms with E-state index in [2.05, 4.69) is 16.8 Å². The van der Waals surface area contributed by atoms with Gasteiger partial charge in [0.25, 0.3) is 5.91 Å². The lowest BCUT2D eigenvalue weighted by Gasteiger charge is -2.46. The summed E-state index contributed by atoms with van der Waals surface area (Å²) in [6.45, 7) is 13.6. The van der Waals surface area contributed by atoms with Gasteiger partial charge in [0.05, 0.1) is 23.4 Å². The zero-order valence-electron chi connectivity index (χ0n) is 31.3. The maximum absolute atomic E-state index is 14.5. The SMILES string of the molecule is CO[C@]1(C)C[C@@H](C)CN(C)CC2(CCN(C(=O)c3cccnc3)CC2)OC(=O)C(C)(C)C(=O)[C@H](C)[C@H]1O[C@@H]1O[C@H](C)C[C@H](CN(C)C)[C@H]1O. The molecule has 1 spiro atoms. The fourth-order valence-electron chi connectivity index (χ4n) is 8.23. The third kappa shape index (κ3) is 9.07. The van der Waals surface area contributed by atoms with E-state index >= 15 is 0 Å². The Kier molecular flexibility index (Phi) is 12.7. The molecule has 8 atom stereocenters. The summed E-state index contributed by atoms with van der Waals surface area (Å²) in [6.07, 6.45) is 2.41. The predicted molar refractivity (Wildman–Crippen MR) is 185 cm³/mol. The highest BCUT2D eigenvalue weighted by Crippen LogP contribution is 2.40. The first kappa shape index (κ1) is 39.3. The summed E-state index contributed by atoms with van der Waals surface area (Å²) < 4.78 is 25.5. The highest BCUT2D eigenvalue weighted by molar-refractivity contribution is 6.04. The van der Waals surface area contributed by atoms with E-state index in [1.807, 2.05) is 39.9 Å². The summed E-state index contributed by atoms with van der Waals surface area (Å²) in [5, 5.41) is 11.4. The van der Waals surface area contributed by atoms with Gasteiger partial charge in [0.15, 0.2) is 12.1 Å². The second kappa shape index (κ2) is 15.8. The van der Waals surface area contributed by atoms with Crippen molar-refractivity contribution in [1.82, 2.24) is 19.7 Å². The second-order valence-corrected chi connectivity index (χ2v) is 16.0. The number of aromatic nitrogens is 1. The first-order chi connectivity index (χ1) is 22.9. The maximum atomic E-state index is 14.5. The molecular formula is C37H60N4O8. The van der Waals surface area contributed by atoms with Crippen molar-refractivity contribution in [3.05, 3.63) is 30.1 Å². The van der Waals surface area contributed by atoms with Crippen LogP contribution in [-0.2, 0) is 28.5 Å². The molecule has 0 saturated carbocycles. The Balaban J connectivity index is 1.63. The van der Waals surface area contributed by atoms with Crippen molar-refractivity contribution in [3.63, 3.8) is 0 Å². The van der Waals surface area contributed by atoms with Crippen molar-refractivity contribution < 1.29 is 38.4 Å². The van der Waals surface area contributed by atoms with Gasteiger partial charge in [-0.2, -0.15) is 0 Å². The van der Waals surface area contributed by atoms with Gasteiger partial charge in [-0.3, -0.25) is 19.4 Å². The van der Waals surface area contributed by atoms with Gasteiger partial charge in [0.2, 0.25) is 0 Å². The van der Waals surface area contributed by atoms with Crippen LogP contribution in [0.5, 0.6) is 0 Å². The number of nitrogens with zero attached hydrogens (tertiary/aromatic N) is 4. The number of ether oxygens (including phenoxy) is 4. The van der Waals surface area contributed by atoms with Crippen molar-refractivity contribution in [2.45, 2.75) is 103 Å².